The number of aryl methyl sites for hydroxylation is 1. The van der Waals surface area contributed by atoms with Gasteiger partial charge in [0.1, 0.15) is 11.5 Å². The van der Waals surface area contributed by atoms with Crippen LogP contribution in [0.3, 0.4) is 0 Å². The first-order chi connectivity index (χ1) is 4.88. The molecule has 0 unspecified atom stereocenters. The van der Waals surface area contributed by atoms with Crippen LogP contribution < -0.4 is 9.31 Å². The Morgan fingerprint density at radius 3 is 3.00 bits per heavy atom. The molecule has 0 spiro atoms. The molecule has 1 heterocycles. The Morgan fingerprint density at radius 2 is 2.20 bits per heavy atom. The van der Waals surface area contributed by atoms with Crippen molar-refractivity contribution in [3.8, 4) is 11.5 Å². The highest BCUT2D eigenvalue weighted by molar-refractivity contribution is 6.23. The fourth-order valence-electron chi connectivity index (χ4n) is 1.08. The van der Waals surface area contributed by atoms with Crippen LogP contribution in [-0.4, -0.2) is 7.69 Å². The van der Waals surface area contributed by atoms with Gasteiger partial charge in [0.05, 0.1) is 0 Å². The molecule has 0 fully saturated rings. The average molecular weight is 134 g/mol. The number of fused-ring (bicyclic) bond motifs is 1. The first kappa shape index (κ1) is 5.65. The number of benzene rings is 1. The van der Waals surface area contributed by atoms with Crippen LogP contribution in [0.5, 0.6) is 11.5 Å². The normalized spacial score (nSPS) is 12.9. The minimum absolute atomic E-state index is 0.361. The van der Waals surface area contributed by atoms with E-state index in [1.54, 1.807) is 0 Å². The summed E-state index contributed by atoms with van der Waals surface area (Å²) in [7, 11) is 0.361. The van der Waals surface area contributed by atoms with Crippen molar-refractivity contribution in [2.45, 2.75) is 6.92 Å². The number of para-hydroxylation sites is 1. The molecule has 2 nitrogen and oxygen atoms in total. The molecule has 1 aromatic rings. The highest BCUT2D eigenvalue weighted by atomic mass is 16.6. The molecule has 10 heavy (non-hydrogen) atoms. The second-order valence-electron chi connectivity index (χ2n) is 2.31. The van der Waals surface area contributed by atoms with E-state index in [-0.39, 0.29) is 0 Å². The quantitative estimate of drug-likeness (QED) is 0.493. The standard InChI is InChI=1S/C7H7BO2/c1-5-3-2-4-6-7(5)10-8-9-6/h2-4,8H,1H3. The van der Waals surface area contributed by atoms with Crippen molar-refractivity contribution in [3.63, 3.8) is 0 Å². The Labute approximate surface area is 60.1 Å². The fourth-order valence-corrected chi connectivity index (χ4v) is 1.08. The summed E-state index contributed by atoms with van der Waals surface area (Å²) < 4.78 is 10.4. The van der Waals surface area contributed by atoms with Gasteiger partial charge in [0.2, 0.25) is 0 Å². The topological polar surface area (TPSA) is 18.5 Å². The zero-order chi connectivity index (χ0) is 6.97. The monoisotopic (exact) mass is 134 g/mol. The van der Waals surface area contributed by atoms with Gasteiger partial charge in [-0.2, -0.15) is 0 Å². The van der Waals surface area contributed by atoms with Crippen LogP contribution in [-0.2, 0) is 0 Å². The first-order valence-corrected chi connectivity index (χ1v) is 3.23. The summed E-state index contributed by atoms with van der Waals surface area (Å²) in [5.41, 5.74) is 1.13. The third-order valence-electron chi connectivity index (χ3n) is 1.59. The lowest BCUT2D eigenvalue weighted by Crippen LogP contribution is -2.00. The van der Waals surface area contributed by atoms with Gasteiger partial charge in [0, 0.05) is 0 Å². The second-order valence-corrected chi connectivity index (χ2v) is 2.31. The maximum atomic E-state index is 5.21. The van der Waals surface area contributed by atoms with Gasteiger partial charge in [-0.3, -0.25) is 0 Å². The third-order valence-corrected chi connectivity index (χ3v) is 1.59. The lowest BCUT2D eigenvalue weighted by Gasteiger charge is -1.99. The van der Waals surface area contributed by atoms with Crippen molar-refractivity contribution in [2.75, 3.05) is 0 Å². The fraction of sp³-hybridized carbons (Fsp3) is 0.143. The van der Waals surface area contributed by atoms with E-state index in [9.17, 15) is 0 Å². The van der Waals surface area contributed by atoms with Crippen LogP contribution in [0.4, 0.5) is 0 Å². The van der Waals surface area contributed by atoms with Gasteiger partial charge in [0.25, 0.3) is 0 Å². The summed E-state index contributed by atoms with van der Waals surface area (Å²) in [4.78, 5) is 0. The maximum absolute atomic E-state index is 5.21. The molecule has 0 saturated carbocycles. The van der Waals surface area contributed by atoms with Crippen LogP contribution in [0.15, 0.2) is 18.2 Å². The first-order valence-electron chi connectivity index (χ1n) is 3.23. The Kier molecular flexibility index (Phi) is 1.10. The summed E-state index contributed by atoms with van der Waals surface area (Å²) in [5, 5.41) is 0. The Morgan fingerprint density at radius 1 is 1.30 bits per heavy atom. The van der Waals surface area contributed by atoms with Crippen LogP contribution in [0.2, 0.25) is 0 Å². The molecule has 50 valence electrons. The maximum Gasteiger partial charge on any atom is 0.576 e. The van der Waals surface area contributed by atoms with Crippen LogP contribution in [0.1, 0.15) is 5.56 Å². The molecule has 0 aliphatic carbocycles. The molecule has 0 atom stereocenters. The summed E-state index contributed by atoms with van der Waals surface area (Å²) in [6, 6.07) is 5.88. The molecule has 1 aromatic carbocycles. The minimum Gasteiger partial charge on any atom is -0.526 e. The predicted molar refractivity (Wildman–Crippen MR) is 39.6 cm³/mol. The highest BCUT2D eigenvalue weighted by Crippen LogP contribution is 2.33. The third kappa shape index (κ3) is 0.669. The highest BCUT2D eigenvalue weighted by Gasteiger charge is 2.15. The molecular formula is C7H7BO2. The van der Waals surface area contributed by atoms with Crippen molar-refractivity contribution in [1.29, 1.82) is 0 Å². The van der Waals surface area contributed by atoms with Crippen molar-refractivity contribution in [2.24, 2.45) is 0 Å². The molecule has 1 aliphatic rings. The smallest absolute Gasteiger partial charge is 0.526 e. The molecule has 0 bridgehead atoms. The molecule has 2 rings (SSSR count). The number of hydrogen-bond donors (Lipinski definition) is 0. The van der Waals surface area contributed by atoms with Crippen molar-refractivity contribution >= 4 is 7.69 Å². The van der Waals surface area contributed by atoms with E-state index in [0.29, 0.717) is 7.69 Å². The Bertz CT molecular complexity index is 260. The van der Waals surface area contributed by atoms with Crippen molar-refractivity contribution < 1.29 is 9.31 Å². The SMILES string of the molecule is Cc1cccc2c1OBO2. The van der Waals surface area contributed by atoms with E-state index < -0.39 is 0 Å². The summed E-state index contributed by atoms with van der Waals surface area (Å²) in [6.45, 7) is 2.01. The minimum atomic E-state index is 0.361. The number of rotatable bonds is 0. The van der Waals surface area contributed by atoms with Gasteiger partial charge in [-0.1, -0.05) is 12.1 Å². The zero-order valence-corrected chi connectivity index (χ0v) is 5.76. The van der Waals surface area contributed by atoms with Gasteiger partial charge < -0.3 is 9.31 Å². The van der Waals surface area contributed by atoms with E-state index in [0.717, 1.165) is 17.1 Å². The van der Waals surface area contributed by atoms with Crippen molar-refractivity contribution in [1.82, 2.24) is 0 Å². The molecule has 1 aliphatic heterocycles. The molecule has 3 heteroatoms. The molecular weight excluding hydrogens is 127 g/mol. The molecule has 0 amide bonds. The summed E-state index contributed by atoms with van der Waals surface area (Å²) in [5.74, 6) is 1.75. The largest absolute Gasteiger partial charge is 0.576 e. The van der Waals surface area contributed by atoms with E-state index >= 15 is 0 Å². The van der Waals surface area contributed by atoms with Crippen LogP contribution in [0, 0.1) is 6.92 Å². The lowest BCUT2D eigenvalue weighted by atomic mass is 10.2. The molecule has 0 N–H and O–H groups in total. The van der Waals surface area contributed by atoms with Crippen LogP contribution >= 0.6 is 0 Å². The van der Waals surface area contributed by atoms with Gasteiger partial charge in [-0.05, 0) is 18.6 Å². The van der Waals surface area contributed by atoms with Gasteiger partial charge >= 0.3 is 7.69 Å². The van der Waals surface area contributed by atoms with E-state index in [1.807, 2.05) is 25.1 Å². The Balaban J connectivity index is 2.59. The van der Waals surface area contributed by atoms with Crippen molar-refractivity contribution in [3.05, 3.63) is 23.8 Å². The average Bonchev–Trinajstić information content (AvgIpc) is 2.36. The summed E-state index contributed by atoms with van der Waals surface area (Å²) >= 11 is 0. The predicted octanol–water partition coefficient (Wildman–Crippen LogP) is 1.03. The van der Waals surface area contributed by atoms with E-state index in [4.69, 9.17) is 9.31 Å². The zero-order valence-electron chi connectivity index (χ0n) is 5.76. The van der Waals surface area contributed by atoms with Crippen LogP contribution in [0.25, 0.3) is 0 Å². The second kappa shape index (κ2) is 1.94. The molecule has 0 aromatic heterocycles. The molecule has 0 saturated heterocycles. The van der Waals surface area contributed by atoms with E-state index in [1.165, 1.54) is 0 Å². The lowest BCUT2D eigenvalue weighted by molar-refractivity contribution is 0.540. The van der Waals surface area contributed by atoms with Gasteiger partial charge in [-0.25, -0.2) is 0 Å². The van der Waals surface area contributed by atoms with E-state index in [2.05, 4.69) is 0 Å². The summed E-state index contributed by atoms with van der Waals surface area (Å²) in [6.07, 6.45) is 0. The van der Waals surface area contributed by atoms with Gasteiger partial charge in [0.15, 0.2) is 0 Å². The Hall–Kier alpha value is -1.12. The van der Waals surface area contributed by atoms with Gasteiger partial charge in [-0.15, -0.1) is 0 Å². The molecule has 0 radical (unpaired) electrons. The number of hydrogen-bond acceptors (Lipinski definition) is 2.